The van der Waals surface area contributed by atoms with Gasteiger partial charge in [0.25, 0.3) is 5.91 Å². The highest BCUT2D eigenvalue weighted by molar-refractivity contribution is 5.85. The molecule has 43 heavy (non-hydrogen) atoms. The minimum atomic E-state index is -2.14. The largest absolute Gasteiger partial charge is 0.465 e. The fourth-order valence-corrected chi connectivity index (χ4v) is 4.57. The van der Waals surface area contributed by atoms with Gasteiger partial charge in [-0.1, -0.05) is 30.3 Å². The van der Waals surface area contributed by atoms with Crippen molar-refractivity contribution in [3.8, 4) is 28.7 Å². The number of primary amides is 1. The zero-order chi connectivity index (χ0) is 30.0. The number of carbonyl (C=O) groups excluding carboxylic acids is 2. The SMILES string of the molecule is CC1(C(=O)OCC2CC2)COC(C(N)=O)(c2nc(-c3ccc(F)cc3)c(-c3ccnc(OCc4ccccc4)n3)[nH]2)OC1. The molecule has 1 aliphatic heterocycles. The van der Waals surface area contributed by atoms with Gasteiger partial charge in [-0.15, -0.1) is 0 Å². The number of benzene rings is 2. The number of hydrogen-bond donors (Lipinski definition) is 2. The van der Waals surface area contributed by atoms with Crippen LogP contribution in [0.1, 0.15) is 31.2 Å². The van der Waals surface area contributed by atoms with Gasteiger partial charge in [0.05, 0.1) is 36.9 Å². The fourth-order valence-electron chi connectivity index (χ4n) is 4.57. The molecule has 1 saturated heterocycles. The number of rotatable bonds is 10. The molecule has 0 unspecified atom stereocenters. The van der Waals surface area contributed by atoms with Crippen molar-refractivity contribution < 1.29 is 32.9 Å². The molecule has 0 bridgehead atoms. The van der Waals surface area contributed by atoms with Gasteiger partial charge in [-0.3, -0.25) is 9.59 Å². The molecule has 2 fully saturated rings. The molecule has 222 valence electrons. The third-order valence-electron chi connectivity index (χ3n) is 7.39. The van der Waals surface area contributed by atoms with E-state index < -0.39 is 28.9 Å². The van der Waals surface area contributed by atoms with Gasteiger partial charge in [-0.25, -0.2) is 14.4 Å². The molecule has 11 nitrogen and oxygen atoms in total. The van der Waals surface area contributed by atoms with E-state index in [-0.39, 0.29) is 31.7 Å². The lowest BCUT2D eigenvalue weighted by Gasteiger charge is -2.40. The zero-order valence-corrected chi connectivity index (χ0v) is 23.4. The molecule has 0 atom stereocenters. The monoisotopic (exact) mass is 587 g/mol. The number of nitrogens with two attached hydrogens (primary N) is 1. The van der Waals surface area contributed by atoms with Crippen molar-refractivity contribution in [1.82, 2.24) is 19.9 Å². The van der Waals surface area contributed by atoms with Crippen LogP contribution in [0.25, 0.3) is 22.6 Å². The highest BCUT2D eigenvalue weighted by atomic mass is 19.1. The van der Waals surface area contributed by atoms with E-state index in [1.165, 1.54) is 18.3 Å². The quantitative estimate of drug-likeness (QED) is 0.263. The van der Waals surface area contributed by atoms with Crippen LogP contribution in [-0.4, -0.2) is 51.6 Å². The van der Waals surface area contributed by atoms with Gasteiger partial charge in [0.1, 0.15) is 17.8 Å². The van der Waals surface area contributed by atoms with E-state index in [4.69, 9.17) is 24.7 Å². The minimum Gasteiger partial charge on any atom is -0.465 e. The van der Waals surface area contributed by atoms with Crippen LogP contribution >= 0.6 is 0 Å². The first-order valence-corrected chi connectivity index (χ1v) is 13.9. The summed E-state index contributed by atoms with van der Waals surface area (Å²) >= 11 is 0. The predicted octanol–water partition coefficient (Wildman–Crippen LogP) is 3.90. The second-order valence-electron chi connectivity index (χ2n) is 11.0. The van der Waals surface area contributed by atoms with Crippen molar-refractivity contribution in [1.29, 1.82) is 0 Å². The minimum absolute atomic E-state index is 0.0620. The summed E-state index contributed by atoms with van der Waals surface area (Å²) in [7, 11) is 0. The number of hydrogen-bond acceptors (Lipinski definition) is 9. The van der Waals surface area contributed by atoms with E-state index in [1.807, 2.05) is 30.3 Å². The number of aromatic amines is 1. The third-order valence-corrected chi connectivity index (χ3v) is 7.39. The summed E-state index contributed by atoms with van der Waals surface area (Å²) < 4.78 is 36.9. The average Bonchev–Trinajstić information content (AvgIpc) is 3.75. The number of esters is 1. The molecule has 1 aliphatic carbocycles. The first-order valence-electron chi connectivity index (χ1n) is 13.9. The number of ether oxygens (including phenoxy) is 4. The molecule has 12 heteroatoms. The van der Waals surface area contributed by atoms with Crippen LogP contribution in [0.3, 0.4) is 0 Å². The second kappa shape index (κ2) is 11.5. The van der Waals surface area contributed by atoms with E-state index in [0.29, 0.717) is 35.2 Å². The molecule has 6 rings (SSSR count). The fraction of sp³-hybridized carbons (Fsp3) is 0.323. The van der Waals surface area contributed by atoms with Crippen molar-refractivity contribution >= 4 is 11.9 Å². The summed E-state index contributed by atoms with van der Waals surface area (Å²) in [5.41, 5.74) is 7.19. The van der Waals surface area contributed by atoms with E-state index >= 15 is 0 Å². The molecule has 3 heterocycles. The molecule has 0 radical (unpaired) electrons. The van der Waals surface area contributed by atoms with Crippen molar-refractivity contribution in [3.05, 3.63) is 84.1 Å². The smallest absolute Gasteiger partial charge is 0.317 e. The molecule has 0 spiro atoms. The second-order valence-corrected chi connectivity index (χ2v) is 11.0. The number of H-pyrrole nitrogens is 1. The van der Waals surface area contributed by atoms with Gasteiger partial charge in [-0.05, 0) is 61.6 Å². The first-order chi connectivity index (χ1) is 20.8. The Labute approximate surface area is 246 Å². The summed E-state index contributed by atoms with van der Waals surface area (Å²) in [6.45, 7) is 1.83. The Morgan fingerprint density at radius 3 is 2.44 bits per heavy atom. The van der Waals surface area contributed by atoms with E-state index in [1.54, 1.807) is 25.1 Å². The topological polar surface area (TPSA) is 152 Å². The summed E-state index contributed by atoms with van der Waals surface area (Å²) in [5, 5.41) is 0. The number of carbonyl (C=O) groups is 2. The van der Waals surface area contributed by atoms with Crippen molar-refractivity contribution in [3.63, 3.8) is 0 Å². The summed E-state index contributed by atoms with van der Waals surface area (Å²) in [5.74, 6) is -3.69. The summed E-state index contributed by atoms with van der Waals surface area (Å²) in [6, 6.07) is 17.0. The van der Waals surface area contributed by atoms with Crippen molar-refractivity contribution in [2.24, 2.45) is 17.1 Å². The Kier molecular flexibility index (Phi) is 7.63. The van der Waals surface area contributed by atoms with Crippen LogP contribution in [-0.2, 0) is 36.2 Å². The standard InChI is InChI=1S/C31H30FN5O6/c1-30(28(39)40-15-20-7-8-20)17-42-31(26(33)38,43-18-30)27-36-24(21-9-11-22(32)12-10-21)25(37-27)23-13-14-34-29(35-23)41-16-19-5-3-2-4-6-19/h2-6,9-14,20H,7-8,15-18H2,1H3,(H2,33,38)(H,36,37). The summed E-state index contributed by atoms with van der Waals surface area (Å²) in [4.78, 5) is 42.2. The molecular weight excluding hydrogens is 557 g/mol. The Morgan fingerprint density at radius 1 is 1.05 bits per heavy atom. The number of halogens is 1. The molecule has 2 aromatic heterocycles. The molecular formula is C31H30FN5O6. The number of amides is 1. The number of nitrogens with zero attached hydrogens (tertiary/aromatic N) is 3. The molecule has 1 amide bonds. The van der Waals surface area contributed by atoms with Gasteiger partial charge in [0, 0.05) is 11.8 Å². The Balaban J connectivity index is 1.32. The normalized spacial score (nSPS) is 21.7. The lowest BCUT2D eigenvalue weighted by Crippen LogP contribution is -2.56. The van der Waals surface area contributed by atoms with Crippen LogP contribution in [0.4, 0.5) is 4.39 Å². The van der Waals surface area contributed by atoms with Crippen LogP contribution in [0.5, 0.6) is 6.01 Å². The van der Waals surface area contributed by atoms with Crippen LogP contribution in [0.2, 0.25) is 0 Å². The van der Waals surface area contributed by atoms with Crippen LogP contribution < -0.4 is 10.5 Å². The molecule has 2 aliphatic rings. The number of imidazole rings is 1. The molecule has 4 aromatic rings. The van der Waals surface area contributed by atoms with Gasteiger partial charge >= 0.3 is 17.8 Å². The Hall–Kier alpha value is -4.68. The highest BCUT2D eigenvalue weighted by Gasteiger charge is 2.54. The Bertz CT molecular complexity index is 1620. The van der Waals surface area contributed by atoms with Gasteiger partial charge in [-0.2, -0.15) is 4.98 Å². The summed E-state index contributed by atoms with van der Waals surface area (Å²) in [6.07, 6.45) is 3.59. The van der Waals surface area contributed by atoms with E-state index in [0.717, 1.165) is 18.4 Å². The van der Waals surface area contributed by atoms with E-state index in [9.17, 15) is 14.0 Å². The van der Waals surface area contributed by atoms with Crippen LogP contribution in [0, 0.1) is 17.2 Å². The lowest BCUT2D eigenvalue weighted by atomic mass is 9.91. The number of aromatic nitrogens is 4. The molecule has 2 aromatic carbocycles. The molecule has 1 saturated carbocycles. The van der Waals surface area contributed by atoms with Gasteiger partial charge in [0.2, 0.25) is 0 Å². The maximum atomic E-state index is 13.8. The van der Waals surface area contributed by atoms with Crippen LogP contribution in [0.15, 0.2) is 66.9 Å². The van der Waals surface area contributed by atoms with Crippen molar-refractivity contribution in [2.75, 3.05) is 19.8 Å². The first kappa shape index (κ1) is 28.4. The van der Waals surface area contributed by atoms with Gasteiger partial charge in [0.15, 0.2) is 5.82 Å². The highest BCUT2D eigenvalue weighted by Crippen LogP contribution is 2.40. The molecule has 3 N–H and O–H groups in total. The Morgan fingerprint density at radius 2 is 1.77 bits per heavy atom. The lowest BCUT2D eigenvalue weighted by molar-refractivity contribution is -0.293. The number of nitrogens with one attached hydrogen (secondary N) is 1. The van der Waals surface area contributed by atoms with E-state index in [2.05, 4.69) is 19.9 Å². The third kappa shape index (κ3) is 5.97. The predicted molar refractivity (Wildman–Crippen MR) is 150 cm³/mol. The maximum absolute atomic E-state index is 13.8. The maximum Gasteiger partial charge on any atom is 0.317 e. The zero-order valence-electron chi connectivity index (χ0n) is 23.4. The van der Waals surface area contributed by atoms with Crippen molar-refractivity contribution in [2.45, 2.75) is 32.2 Å². The van der Waals surface area contributed by atoms with Gasteiger partial charge < -0.3 is 29.7 Å². The average molecular weight is 588 g/mol.